The van der Waals surface area contributed by atoms with Crippen molar-refractivity contribution < 1.29 is 22.8 Å². The summed E-state index contributed by atoms with van der Waals surface area (Å²) in [6.45, 7) is 0. The molecule has 5 nitrogen and oxygen atoms in total. The summed E-state index contributed by atoms with van der Waals surface area (Å²) >= 11 is 0. The molecule has 2 aromatic rings. The second-order valence-corrected chi connectivity index (χ2v) is 3.94. The largest absolute Gasteiger partial charge is 0.417 e. The van der Waals surface area contributed by atoms with E-state index in [1.165, 1.54) is 24.5 Å². The standard InChI is InChI=1S/C13H8F3N3O2/c14-13(15,16)10-3-6-18-7-9(10)12(21)19-11(20)8-1-4-17-5-2-8/h1-7H,(H,19,20,21). The molecular weight excluding hydrogens is 287 g/mol. The molecule has 0 radical (unpaired) electrons. The Labute approximate surface area is 116 Å². The Morgan fingerprint density at radius 3 is 2.19 bits per heavy atom. The first-order valence-electron chi connectivity index (χ1n) is 5.66. The molecule has 0 unspecified atom stereocenters. The van der Waals surface area contributed by atoms with Gasteiger partial charge in [0.15, 0.2) is 0 Å². The number of carbonyl (C=O) groups is 2. The van der Waals surface area contributed by atoms with E-state index in [9.17, 15) is 22.8 Å². The van der Waals surface area contributed by atoms with Crippen LogP contribution in [0.15, 0.2) is 43.0 Å². The molecule has 0 bridgehead atoms. The Kier molecular flexibility index (Phi) is 3.97. The predicted octanol–water partition coefficient (Wildman–Crippen LogP) is 2.07. The molecule has 0 atom stereocenters. The maximum absolute atomic E-state index is 12.8. The van der Waals surface area contributed by atoms with Gasteiger partial charge in [-0.15, -0.1) is 0 Å². The first-order chi connectivity index (χ1) is 9.89. The summed E-state index contributed by atoms with van der Waals surface area (Å²) in [5.41, 5.74) is -1.76. The molecule has 0 fully saturated rings. The summed E-state index contributed by atoms with van der Waals surface area (Å²) in [5.74, 6) is -1.99. The third-order valence-corrected chi connectivity index (χ3v) is 2.54. The van der Waals surface area contributed by atoms with Gasteiger partial charge >= 0.3 is 6.18 Å². The van der Waals surface area contributed by atoms with Gasteiger partial charge in [0.25, 0.3) is 11.8 Å². The van der Waals surface area contributed by atoms with Gasteiger partial charge in [0.2, 0.25) is 0 Å². The Bertz CT molecular complexity index is 672. The van der Waals surface area contributed by atoms with Crippen LogP contribution in [-0.4, -0.2) is 21.8 Å². The predicted molar refractivity (Wildman–Crippen MR) is 65.3 cm³/mol. The maximum atomic E-state index is 12.8. The second kappa shape index (κ2) is 5.70. The molecular formula is C13H8F3N3O2. The zero-order valence-corrected chi connectivity index (χ0v) is 10.4. The Morgan fingerprint density at radius 2 is 1.57 bits per heavy atom. The Hall–Kier alpha value is -2.77. The monoisotopic (exact) mass is 295 g/mol. The van der Waals surface area contributed by atoms with E-state index in [-0.39, 0.29) is 5.56 Å². The van der Waals surface area contributed by atoms with Crippen LogP contribution >= 0.6 is 0 Å². The molecule has 108 valence electrons. The smallest absolute Gasteiger partial charge is 0.288 e. The number of alkyl halides is 3. The molecule has 2 heterocycles. The number of amides is 2. The molecule has 21 heavy (non-hydrogen) atoms. The highest BCUT2D eigenvalue weighted by molar-refractivity contribution is 6.10. The van der Waals surface area contributed by atoms with Gasteiger partial charge in [0, 0.05) is 30.4 Å². The molecule has 0 aromatic carbocycles. The second-order valence-electron chi connectivity index (χ2n) is 3.94. The van der Waals surface area contributed by atoms with Gasteiger partial charge in [-0.2, -0.15) is 13.2 Å². The van der Waals surface area contributed by atoms with Crippen molar-refractivity contribution in [3.05, 3.63) is 59.7 Å². The number of imide groups is 1. The van der Waals surface area contributed by atoms with E-state index >= 15 is 0 Å². The van der Waals surface area contributed by atoms with Crippen molar-refractivity contribution in [3.63, 3.8) is 0 Å². The summed E-state index contributed by atoms with van der Waals surface area (Å²) in [7, 11) is 0. The van der Waals surface area contributed by atoms with Crippen molar-refractivity contribution in [3.8, 4) is 0 Å². The molecule has 2 amide bonds. The lowest BCUT2D eigenvalue weighted by atomic mass is 10.1. The maximum Gasteiger partial charge on any atom is 0.417 e. The number of pyridine rings is 2. The highest BCUT2D eigenvalue weighted by Gasteiger charge is 2.35. The lowest BCUT2D eigenvalue weighted by molar-refractivity contribution is -0.138. The van der Waals surface area contributed by atoms with Gasteiger partial charge in [-0.3, -0.25) is 24.9 Å². The molecule has 0 saturated heterocycles. The van der Waals surface area contributed by atoms with Crippen LogP contribution in [0.25, 0.3) is 0 Å². The van der Waals surface area contributed by atoms with Crippen LogP contribution in [0.3, 0.4) is 0 Å². The highest BCUT2D eigenvalue weighted by atomic mass is 19.4. The van der Waals surface area contributed by atoms with E-state index in [1.54, 1.807) is 0 Å². The van der Waals surface area contributed by atoms with Gasteiger partial charge in [-0.1, -0.05) is 0 Å². The van der Waals surface area contributed by atoms with Crippen LogP contribution in [0.5, 0.6) is 0 Å². The molecule has 0 saturated carbocycles. The lowest BCUT2D eigenvalue weighted by Crippen LogP contribution is -2.32. The minimum atomic E-state index is -4.71. The van der Waals surface area contributed by atoms with E-state index in [4.69, 9.17) is 0 Å². The van der Waals surface area contributed by atoms with Gasteiger partial charge in [0.1, 0.15) is 0 Å². The summed E-state index contributed by atoms with van der Waals surface area (Å²) in [6, 6.07) is 3.33. The minimum absolute atomic E-state index is 0.107. The number of halogens is 3. The van der Waals surface area contributed by atoms with Crippen molar-refractivity contribution >= 4 is 11.8 Å². The molecule has 0 aliphatic rings. The Balaban J connectivity index is 2.24. The van der Waals surface area contributed by atoms with E-state index in [2.05, 4.69) is 9.97 Å². The van der Waals surface area contributed by atoms with Crippen molar-refractivity contribution in [1.29, 1.82) is 0 Å². The van der Waals surface area contributed by atoms with Gasteiger partial charge < -0.3 is 0 Å². The topological polar surface area (TPSA) is 72.0 Å². The van der Waals surface area contributed by atoms with E-state index in [0.717, 1.165) is 12.4 Å². The van der Waals surface area contributed by atoms with Crippen LogP contribution in [0.4, 0.5) is 13.2 Å². The van der Waals surface area contributed by atoms with E-state index in [1.807, 2.05) is 5.32 Å². The van der Waals surface area contributed by atoms with Gasteiger partial charge in [-0.05, 0) is 18.2 Å². The van der Waals surface area contributed by atoms with Gasteiger partial charge in [0.05, 0.1) is 11.1 Å². The lowest BCUT2D eigenvalue weighted by Gasteiger charge is -2.11. The van der Waals surface area contributed by atoms with Crippen LogP contribution in [0.2, 0.25) is 0 Å². The molecule has 0 aliphatic carbocycles. The summed E-state index contributed by atoms with van der Waals surface area (Å²) in [5, 5.41) is 1.88. The summed E-state index contributed by atoms with van der Waals surface area (Å²) in [6.07, 6.45) is -0.382. The van der Waals surface area contributed by atoms with E-state index in [0.29, 0.717) is 6.07 Å². The number of hydrogen-bond donors (Lipinski definition) is 1. The zero-order valence-electron chi connectivity index (χ0n) is 10.4. The van der Waals surface area contributed by atoms with Crippen LogP contribution < -0.4 is 5.32 Å². The fourth-order valence-electron chi connectivity index (χ4n) is 1.57. The Morgan fingerprint density at radius 1 is 0.952 bits per heavy atom. The van der Waals surface area contributed by atoms with Crippen LogP contribution in [-0.2, 0) is 6.18 Å². The van der Waals surface area contributed by atoms with Crippen LogP contribution in [0.1, 0.15) is 26.3 Å². The number of carbonyl (C=O) groups excluding carboxylic acids is 2. The fourth-order valence-corrected chi connectivity index (χ4v) is 1.57. The van der Waals surface area contributed by atoms with Crippen molar-refractivity contribution in [2.45, 2.75) is 6.18 Å². The summed E-state index contributed by atoms with van der Waals surface area (Å²) < 4.78 is 38.3. The third-order valence-electron chi connectivity index (χ3n) is 2.54. The number of rotatable bonds is 2. The molecule has 0 spiro atoms. The average molecular weight is 295 g/mol. The van der Waals surface area contributed by atoms with Crippen molar-refractivity contribution in [2.75, 3.05) is 0 Å². The SMILES string of the molecule is O=C(NC(=O)c1cnccc1C(F)(F)F)c1ccncc1. The van der Waals surface area contributed by atoms with Gasteiger partial charge in [-0.25, -0.2) is 0 Å². The average Bonchev–Trinajstić information content (AvgIpc) is 2.47. The number of aromatic nitrogens is 2. The molecule has 8 heteroatoms. The summed E-state index contributed by atoms with van der Waals surface area (Å²) in [4.78, 5) is 30.7. The van der Waals surface area contributed by atoms with Crippen LogP contribution in [0, 0.1) is 0 Å². The number of nitrogens with zero attached hydrogens (tertiary/aromatic N) is 2. The normalized spacial score (nSPS) is 11.0. The van der Waals surface area contributed by atoms with Crippen molar-refractivity contribution in [2.24, 2.45) is 0 Å². The molecule has 1 N–H and O–H groups in total. The first kappa shape index (κ1) is 14.6. The first-order valence-corrected chi connectivity index (χ1v) is 5.66. The van der Waals surface area contributed by atoms with E-state index < -0.39 is 29.1 Å². The molecule has 0 aliphatic heterocycles. The molecule has 2 rings (SSSR count). The highest BCUT2D eigenvalue weighted by Crippen LogP contribution is 2.31. The number of hydrogen-bond acceptors (Lipinski definition) is 4. The zero-order chi connectivity index (χ0) is 15.5. The quantitative estimate of drug-likeness (QED) is 0.861. The minimum Gasteiger partial charge on any atom is -0.288 e. The third kappa shape index (κ3) is 3.41. The fraction of sp³-hybridized carbons (Fsp3) is 0.0769. The number of nitrogens with one attached hydrogen (secondary N) is 1. The van der Waals surface area contributed by atoms with Crippen molar-refractivity contribution in [1.82, 2.24) is 15.3 Å². The molecule has 2 aromatic heterocycles.